The van der Waals surface area contributed by atoms with Crippen molar-refractivity contribution in [2.75, 3.05) is 0 Å². The molecule has 2 amide bonds. The monoisotopic (exact) mass is 361 g/mol. The Labute approximate surface area is 161 Å². The van der Waals surface area contributed by atoms with Crippen LogP contribution in [-0.2, 0) is 22.4 Å². The Kier molecular flexibility index (Phi) is 6.23. The highest BCUT2D eigenvalue weighted by Crippen LogP contribution is 2.34. The van der Waals surface area contributed by atoms with Crippen molar-refractivity contribution in [2.24, 2.45) is 0 Å². The summed E-state index contributed by atoms with van der Waals surface area (Å²) in [6, 6.07) is 15.8. The number of hydrogen-bond donors (Lipinski definition) is 1. The van der Waals surface area contributed by atoms with Gasteiger partial charge in [-0.15, -0.1) is 0 Å². The molecule has 1 N–H and O–H groups in total. The molecule has 0 bridgehead atoms. The van der Waals surface area contributed by atoms with E-state index < -0.39 is 0 Å². The Morgan fingerprint density at radius 3 is 2.15 bits per heavy atom. The molecule has 3 nitrogen and oxygen atoms in total. The van der Waals surface area contributed by atoms with Crippen molar-refractivity contribution in [1.29, 1.82) is 0 Å². The molecule has 0 spiro atoms. The van der Waals surface area contributed by atoms with Gasteiger partial charge < -0.3 is 0 Å². The summed E-state index contributed by atoms with van der Waals surface area (Å²) in [5, 5.41) is 2.49. The van der Waals surface area contributed by atoms with Crippen LogP contribution in [0.4, 0.5) is 0 Å². The Balaban J connectivity index is 2.12. The fourth-order valence-electron chi connectivity index (χ4n) is 3.59. The van der Waals surface area contributed by atoms with E-state index in [1.165, 1.54) is 11.1 Å². The minimum atomic E-state index is -0.308. The summed E-state index contributed by atoms with van der Waals surface area (Å²) in [4.78, 5) is 25.2. The van der Waals surface area contributed by atoms with Crippen molar-refractivity contribution in [2.45, 2.75) is 52.4 Å². The van der Waals surface area contributed by atoms with Gasteiger partial charge in [-0.25, -0.2) is 0 Å². The van der Waals surface area contributed by atoms with Gasteiger partial charge in [0.25, 0.3) is 11.8 Å². The van der Waals surface area contributed by atoms with Gasteiger partial charge in [0.2, 0.25) is 0 Å². The summed E-state index contributed by atoms with van der Waals surface area (Å²) in [6.45, 7) is 4.36. The van der Waals surface area contributed by atoms with E-state index in [1.807, 2.05) is 36.4 Å². The van der Waals surface area contributed by atoms with Crippen molar-refractivity contribution in [3.05, 3.63) is 70.8 Å². The molecule has 0 saturated heterocycles. The summed E-state index contributed by atoms with van der Waals surface area (Å²) in [6.07, 6.45) is 6.43. The van der Waals surface area contributed by atoms with E-state index in [1.54, 1.807) is 0 Å². The lowest BCUT2D eigenvalue weighted by Crippen LogP contribution is -2.23. The molecule has 3 heteroatoms. The topological polar surface area (TPSA) is 46.2 Å². The van der Waals surface area contributed by atoms with E-state index in [0.717, 1.165) is 49.7 Å². The van der Waals surface area contributed by atoms with Crippen molar-refractivity contribution < 1.29 is 9.59 Å². The van der Waals surface area contributed by atoms with Crippen LogP contribution in [0.1, 0.15) is 61.8 Å². The molecule has 3 rings (SSSR count). The van der Waals surface area contributed by atoms with Crippen molar-refractivity contribution >= 4 is 23.0 Å². The van der Waals surface area contributed by atoms with E-state index in [4.69, 9.17) is 0 Å². The molecule has 0 aromatic heterocycles. The van der Waals surface area contributed by atoms with Gasteiger partial charge in [0.15, 0.2) is 0 Å². The number of carbonyl (C=O) groups excluding carboxylic acids is 2. The van der Waals surface area contributed by atoms with E-state index in [0.29, 0.717) is 11.1 Å². The van der Waals surface area contributed by atoms with Gasteiger partial charge in [-0.2, -0.15) is 0 Å². The minimum Gasteiger partial charge on any atom is -0.288 e. The second-order valence-corrected chi connectivity index (χ2v) is 7.10. The summed E-state index contributed by atoms with van der Waals surface area (Å²) in [5.74, 6) is -0.601. The molecule has 0 atom stereocenters. The molecule has 2 aromatic carbocycles. The van der Waals surface area contributed by atoms with Gasteiger partial charge in [0, 0.05) is 0 Å². The lowest BCUT2D eigenvalue weighted by Gasteiger charge is -2.13. The summed E-state index contributed by atoms with van der Waals surface area (Å²) in [5.41, 5.74) is 5.15. The fraction of sp³-hybridized carbons (Fsp3) is 0.333. The third-order valence-electron chi connectivity index (χ3n) is 5.05. The predicted molar refractivity (Wildman–Crippen MR) is 110 cm³/mol. The van der Waals surface area contributed by atoms with Crippen LogP contribution in [0.3, 0.4) is 0 Å². The molecule has 27 heavy (non-hydrogen) atoms. The number of carbonyl (C=O) groups is 2. The molecule has 0 fully saturated rings. The summed E-state index contributed by atoms with van der Waals surface area (Å²) < 4.78 is 0. The van der Waals surface area contributed by atoms with Crippen LogP contribution in [0.15, 0.2) is 48.5 Å². The fourth-order valence-corrected chi connectivity index (χ4v) is 3.59. The van der Waals surface area contributed by atoms with E-state index >= 15 is 0 Å². The highest BCUT2D eigenvalue weighted by molar-refractivity contribution is 6.49. The van der Waals surface area contributed by atoms with Crippen LogP contribution in [0.25, 0.3) is 11.1 Å². The number of benzene rings is 2. The third-order valence-corrected chi connectivity index (χ3v) is 5.05. The van der Waals surface area contributed by atoms with Crippen molar-refractivity contribution in [3.63, 3.8) is 0 Å². The quantitative estimate of drug-likeness (QED) is 0.677. The zero-order valence-corrected chi connectivity index (χ0v) is 16.2. The van der Waals surface area contributed by atoms with Gasteiger partial charge in [-0.05, 0) is 47.9 Å². The average Bonchev–Trinajstić information content (AvgIpc) is 2.99. The Morgan fingerprint density at radius 2 is 1.44 bits per heavy atom. The van der Waals surface area contributed by atoms with Crippen LogP contribution in [0, 0.1) is 0 Å². The Morgan fingerprint density at radius 1 is 0.778 bits per heavy atom. The summed E-state index contributed by atoms with van der Waals surface area (Å²) in [7, 11) is 0. The van der Waals surface area contributed by atoms with Gasteiger partial charge in [-0.3, -0.25) is 14.9 Å². The van der Waals surface area contributed by atoms with Crippen LogP contribution >= 0.6 is 0 Å². The molecule has 140 valence electrons. The SMILES string of the molecule is CCCCc1ccc(C2=C(c3ccccc3)C(=O)NC2=O)c(CCCC)c1. The first-order valence-corrected chi connectivity index (χ1v) is 9.93. The lowest BCUT2D eigenvalue weighted by atomic mass is 9.89. The van der Waals surface area contributed by atoms with Gasteiger partial charge in [0.1, 0.15) is 0 Å². The van der Waals surface area contributed by atoms with E-state index in [-0.39, 0.29) is 11.8 Å². The van der Waals surface area contributed by atoms with E-state index in [9.17, 15) is 9.59 Å². The zero-order valence-electron chi connectivity index (χ0n) is 16.2. The highest BCUT2D eigenvalue weighted by Gasteiger charge is 2.33. The normalized spacial score (nSPS) is 14.0. The van der Waals surface area contributed by atoms with Crippen LogP contribution in [-0.4, -0.2) is 11.8 Å². The number of amides is 2. The second-order valence-electron chi connectivity index (χ2n) is 7.10. The van der Waals surface area contributed by atoms with Crippen LogP contribution in [0.2, 0.25) is 0 Å². The first-order valence-electron chi connectivity index (χ1n) is 9.93. The van der Waals surface area contributed by atoms with Crippen LogP contribution in [0.5, 0.6) is 0 Å². The van der Waals surface area contributed by atoms with Crippen molar-refractivity contribution in [1.82, 2.24) is 5.32 Å². The largest absolute Gasteiger partial charge is 0.288 e. The molecule has 0 saturated carbocycles. The average molecular weight is 361 g/mol. The Hall–Kier alpha value is -2.68. The maximum Gasteiger partial charge on any atom is 0.259 e. The minimum absolute atomic E-state index is 0.294. The molecule has 0 aliphatic carbocycles. The standard InChI is InChI=1S/C24H27NO2/c1-3-5-10-17-14-15-20(19(16-17)11-6-4-2)22-21(23(26)25-24(22)27)18-12-8-7-9-13-18/h7-9,12-16H,3-6,10-11H2,1-2H3,(H,25,26,27). The third kappa shape index (κ3) is 4.19. The first-order chi connectivity index (χ1) is 13.2. The number of rotatable bonds is 8. The molecule has 0 unspecified atom stereocenters. The number of hydrogen-bond acceptors (Lipinski definition) is 2. The molecule has 1 heterocycles. The maximum absolute atomic E-state index is 12.7. The second kappa shape index (κ2) is 8.81. The molecular weight excluding hydrogens is 334 g/mol. The van der Waals surface area contributed by atoms with Gasteiger partial charge in [0.05, 0.1) is 11.1 Å². The predicted octanol–water partition coefficient (Wildman–Crippen LogP) is 4.94. The number of nitrogens with one attached hydrogen (secondary N) is 1. The zero-order chi connectivity index (χ0) is 19.2. The van der Waals surface area contributed by atoms with Gasteiger partial charge in [-0.1, -0.05) is 75.2 Å². The molecule has 0 radical (unpaired) electrons. The smallest absolute Gasteiger partial charge is 0.259 e. The number of unbranched alkanes of at least 4 members (excludes halogenated alkanes) is 2. The molecule has 1 aliphatic heterocycles. The lowest BCUT2D eigenvalue weighted by molar-refractivity contribution is -0.122. The molecular formula is C24H27NO2. The van der Waals surface area contributed by atoms with Gasteiger partial charge >= 0.3 is 0 Å². The number of aryl methyl sites for hydroxylation is 2. The maximum atomic E-state index is 12.7. The van der Waals surface area contributed by atoms with Crippen LogP contribution < -0.4 is 5.32 Å². The molecule has 1 aliphatic rings. The summed E-state index contributed by atoms with van der Waals surface area (Å²) >= 11 is 0. The molecule has 2 aromatic rings. The van der Waals surface area contributed by atoms with Crippen molar-refractivity contribution in [3.8, 4) is 0 Å². The highest BCUT2D eigenvalue weighted by atomic mass is 16.2. The van der Waals surface area contributed by atoms with E-state index in [2.05, 4.69) is 31.3 Å². The number of imide groups is 1. The first kappa shape index (κ1) is 19.1. The Bertz CT molecular complexity index is 865.